The molecule has 4 heteroatoms. The van der Waals surface area contributed by atoms with E-state index in [4.69, 9.17) is 16.6 Å². The minimum atomic E-state index is -0.972. The van der Waals surface area contributed by atoms with E-state index in [0.717, 1.165) is 0 Å². The summed E-state index contributed by atoms with van der Waals surface area (Å²) in [4.78, 5) is 0. The van der Waals surface area contributed by atoms with Crippen LogP contribution in [0.15, 0.2) is 0 Å². The van der Waals surface area contributed by atoms with Crippen molar-refractivity contribution in [1.82, 2.24) is 0 Å². The Bertz CT molecular complexity index is 4.00. The fraction of sp³-hybridized carbons (Fsp3) is 0. The average molecular weight is 487 g/mol. The molecular weight excluding hydrogens is 485 g/mol. The van der Waals surface area contributed by atoms with E-state index >= 15 is 0 Å². The van der Waals surface area contributed by atoms with Crippen LogP contribution in [0.3, 0.4) is 0 Å². The van der Waals surface area contributed by atoms with Crippen LogP contribution in [0.5, 0.6) is 0 Å². The summed E-state index contributed by atoms with van der Waals surface area (Å²) in [6, 6.07) is 0. The summed E-state index contributed by atoms with van der Waals surface area (Å²) in [6.45, 7) is 0. The molecule has 0 atom stereocenters. The molecule has 0 fully saturated rings. The van der Waals surface area contributed by atoms with Crippen molar-refractivity contribution in [3.8, 4) is 0 Å². The van der Waals surface area contributed by atoms with E-state index < -0.39 is 21.8 Å². The first-order valence-electron chi connectivity index (χ1n) is 0.378. The number of halogens is 2. The summed E-state index contributed by atoms with van der Waals surface area (Å²) in [5.74, 6) is 0. The van der Waals surface area contributed by atoms with E-state index in [9.17, 15) is 0 Å². The molecule has 4 heavy (non-hydrogen) atoms. The Morgan fingerprint density at radius 1 is 1.25 bits per heavy atom. The molecule has 0 aliphatic heterocycles. The van der Waals surface area contributed by atoms with Gasteiger partial charge in [0.15, 0.2) is 0 Å². The second-order valence-electron chi connectivity index (χ2n) is 0.0714. The van der Waals surface area contributed by atoms with Crippen molar-refractivity contribution in [3.63, 3.8) is 0 Å². The Morgan fingerprint density at radius 2 is 1.25 bits per heavy atom. The molecule has 0 nitrogen and oxygen atoms in total. The van der Waals surface area contributed by atoms with Crippen LogP contribution < -0.4 is 0 Å². The predicted octanol–water partition coefficient (Wildman–Crippen LogP) is 0.0820. The molecule has 0 saturated heterocycles. The molecule has 0 aliphatic carbocycles. The fourth-order valence-corrected chi connectivity index (χ4v) is 0. The van der Waals surface area contributed by atoms with Gasteiger partial charge in [-0.3, -0.25) is 0 Å². The first-order valence-corrected chi connectivity index (χ1v) is 9.95. The maximum atomic E-state index is 4.96. The SMILES string of the molecule is [Cl][Pb][Cl].[PbH2]. The third kappa shape index (κ3) is 8.83. The average Bonchev–Trinajstić information content (AvgIpc) is 0.918. The van der Waals surface area contributed by atoms with Gasteiger partial charge in [0.05, 0.1) is 0 Å². The third-order valence-corrected chi connectivity index (χ3v) is 0. The molecule has 0 aromatic rings. The Labute approximate surface area is 64.5 Å². The van der Waals surface area contributed by atoms with Crippen molar-refractivity contribution in [2.75, 3.05) is 0 Å². The van der Waals surface area contributed by atoms with Gasteiger partial charge < -0.3 is 0 Å². The fourth-order valence-electron chi connectivity index (χ4n) is 0. The molecule has 24 valence electrons. The van der Waals surface area contributed by atoms with Crippen LogP contribution in [-0.2, 0) is 0 Å². The van der Waals surface area contributed by atoms with Gasteiger partial charge in [0.25, 0.3) is 0 Å². The minimum absolute atomic E-state index is 0. The molecule has 0 N–H and O–H groups in total. The zero-order chi connectivity index (χ0) is 2.71. The van der Waals surface area contributed by atoms with Gasteiger partial charge in [0.2, 0.25) is 0 Å². The van der Waals surface area contributed by atoms with Crippen molar-refractivity contribution < 1.29 is 0 Å². The molecule has 0 aromatic heterocycles. The van der Waals surface area contributed by atoms with Gasteiger partial charge in [-0.15, -0.1) is 0 Å². The number of rotatable bonds is 0. The van der Waals surface area contributed by atoms with Crippen molar-refractivity contribution in [1.29, 1.82) is 0 Å². The van der Waals surface area contributed by atoms with Gasteiger partial charge >= 0.3 is 65.7 Å². The molecule has 0 saturated carbocycles. The van der Waals surface area contributed by atoms with Crippen LogP contribution in [0.2, 0.25) is 0 Å². The van der Waals surface area contributed by atoms with E-state index in [2.05, 4.69) is 0 Å². The van der Waals surface area contributed by atoms with Crippen LogP contribution in [0.25, 0.3) is 0 Å². The molecular formula is H2Cl2Pb2. The zero-order valence-electron chi connectivity index (χ0n) is 1.96. The predicted molar refractivity (Wildman–Crippen MR) is 26.0 cm³/mol. The normalized spacial score (nSPS) is 4.50. The van der Waals surface area contributed by atoms with Crippen LogP contribution in [0.4, 0.5) is 0 Å². The van der Waals surface area contributed by atoms with Crippen LogP contribution in [-0.4, -0.2) is 49.1 Å². The van der Waals surface area contributed by atoms with Crippen molar-refractivity contribution in [2.45, 2.75) is 0 Å². The first kappa shape index (κ1) is 9.66. The second-order valence-corrected chi connectivity index (χ2v) is 5.64. The van der Waals surface area contributed by atoms with Crippen molar-refractivity contribution >= 4 is 65.7 Å². The second kappa shape index (κ2) is 9.05. The number of hydrogen-bond acceptors (Lipinski definition) is 0. The summed E-state index contributed by atoms with van der Waals surface area (Å²) in [5, 5.41) is 0. The summed E-state index contributed by atoms with van der Waals surface area (Å²) >= 11 is -0.972. The Kier molecular flexibility index (Phi) is 21.9. The molecule has 0 aliphatic rings. The van der Waals surface area contributed by atoms with Gasteiger partial charge in [-0.1, -0.05) is 0 Å². The first-order chi connectivity index (χ1) is 1.41. The van der Waals surface area contributed by atoms with Gasteiger partial charge in [0, 0.05) is 0 Å². The molecule has 0 spiro atoms. The summed E-state index contributed by atoms with van der Waals surface area (Å²) in [7, 11) is 9.92. The zero-order valence-corrected chi connectivity index (χ0v) is 12.9. The topological polar surface area (TPSA) is 0 Å². The van der Waals surface area contributed by atoms with Crippen LogP contribution >= 0.6 is 16.6 Å². The summed E-state index contributed by atoms with van der Waals surface area (Å²) < 4.78 is 0. The molecule has 0 bridgehead atoms. The molecule has 0 unspecified atom stereocenters. The van der Waals surface area contributed by atoms with Gasteiger partial charge in [-0.25, -0.2) is 0 Å². The maximum absolute atomic E-state index is 4.96. The molecule has 0 rings (SSSR count). The Hall–Kier alpha value is 2.42. The number of hydrogen-bond donors (Lipinski definition) is 0. The summed E-state index contributed by atoms with van der Waals surface area (Å²) in [6.07, 6.45) is 0. The summed E-state index contributed by atoms with van der Waals surface area (Å²) in [5.41, 5.74) is 0. The van der Waals surface area contributed by atoms with E-state index in [1.165, 1.54) is 0 Å². The van der Waals surface area contributed by atoms with Crippen LogP contribution in [0, 0.1) is 0 Å². The molecule has 0 amide bonds. The standard InChI is InChI=1S/2ClH.2Pb.2H/h2*1H;;;;/q;;;+2;;/p-2. The van der Waals surface area contributed by atoms with Gasteiger partial charge in [-0.05, 0) is 0 Å². The Balaban J connectivity index is 0. The van der Waals surface area contributed by atoms with E-state index in [1.54, 1.807) is 0 Å². The van der Waals surface area contributed by atoms with Gasteiger partial charge in [-0.2, -0.15) is 0 Å². The molecule has 0 heterocycles. The van der Waals surface area contributed by atoms with Gasteiger partial charge in [0.1, 0.15) is 0 Å². The van der Waals surface area contributed by atoms with Crippen LogP contribution in [0.1, 0.15) is 0 Å². The van der Waals surface area contributed by atoms with Crippen molar-refractivity contribution in [3.05, 3.63) is 0 Å². The Morgan fingerprint density at radius 3 is 1.25 bits per heavy atom. The monoisotopic (exact) mass is 488 g/mol. The van der Waals surface area contributed by atoms with E-state index in [1.807, 2.05) is 0 Å². The molecule has 4 radical (unpaired) electrons. The molecule has 0 aromatic carbocycles. The van der Waals surface area contributed by atoms with Crippen molar-refractivity contribution in [2.24, 2.45) is 0 Å². The quantitative estimate of drug-likeness (QED) is 0.425. The van der Waals surface area contributed by atoms with E-state index in [-0.39, 0.29) is 27.3 Å². The van der Waals surface area contributed by atoms with E-state index in [0.29, 0.717) is 0 Å². The third-order valence-electron chi connectivity index (χ3n) is 0.